The summed E-state index contributed by atoms with van der Waals surface area (Å²) in [6.07, 6.45) is 5.26. The maximum atomic E-state index is 10.8. The maximum absolute atomic E-state index is 10.8. The van der Waals surface area contributed by atoms with E-state index < -0.39 is 156 Å². The zero-order valence-corrected chi connectivity index (χ0v) is 42.6. The highest BCUT2D eigenvalue weighted by Crippen LogP contribution is 2.38. The SMILES string of the molecule is [2H]c1c([2H])c([2H])c([Si](c2c([2H])c([2H])c([2H])c([2H])c2[2H])(c2c([2H])c([2H])c([2H])c([2H])c2[2H])c2c([2H])c([2H])c([2H])c(-c3cccc(-c4ccccc4C([2H])([2H])[2H])c3-[n+]3[c-]n(-c4cccc(Oc5ccc6c7ccccc7n(-c7cc(C(C)(C)C)ccn7)c6c5)c4)c4ccccc43)c2[2H])c([2H])c1[2H]. The number of nitrogens with zero attached hydrogens (tertiary/aromatic N) is 4. The molecule has 13 aromatic rings. The molecule has 10 aromatic carbocycles. The van der Waals surface area contributed by atoms with Gasteiger partial charge in [0.1, 0.15) is 17.3 Å². The number of hydrogen-bond donors (Lipinski definition) is 0. The van der Waals surface area contributed by atoms with Crippen LogP contribution in [-0.2, 0) is 5.41 Å². The monoisotopic (exact) mass is 1030 g/mol. The summed E-state index contributed by atoms with van der Waals surface area (Å²) in [5.74, 6) is 1.60. The van der Waals surface area contributed by atoms with Gasteiger partial charge in [0.05, 0.1) is 59.5 Å². The van der Waals surface area contributed by atoms with Crippen LogP contribution in [-0.4, -0.2) is 22.2 Å². The summed E-state index contributed by atoms with van der Waals surface area (Å²) in [5, 5.41) is -2.00. The first-order chi connectivity index (χ1) is 46.8. The highest BCUT2D eigenvalue weighted by Gasteiger charge is 2.41. The van der Waals surface area contributed by atoms with Crippen molar-refractivity contribution in [1.29, 1.82) is 0 Å². The highest BCUT2D eigenvalue weighted by molar-refractivity contribution is 7.19. The Labute approximate surface area is 482 Å². The molecule has 370 valence electrons. The molecule has 0 amide bonds. The fraction of sp³-hybridized carbons (Fsp3) is 0.0704. The molecule has 0 saturated heterocycles. The molecule has 3 heterocycles. The van der Waals surface area contributed by atoms with Crippen LogP contribution in [0.2, 0.25) is 0 Å². The first-order valence-corrected chi connectivity index (χ1v) is 26.6. The molecular weight excluding hydrogens is 953 g/mol. The van der Waals surface area contributed by atoms with E-state index in [9.17, 15) is 13.7 Å². The van der Waals surface area contributed by atoms with Crippen molar-refractivity contribution >= 4 is 61.7 Å². The third-order valence-corrected chi connectivity index (χ3v) is 17.7. The van der Waals surface area contributed by atoms with Gasteiger partial charge in [0.15, 0.2) is 8.07 Å². The summed E-state index contributed by atoms with van der Waals surface area (Å²) in [6.45, 7) is 3.63. The van der Waals surface area contributed by atoms with Gasteiger partial charge in [-0.25, -0.2) is 4.98 Å². The number of ether oxygens (including phenoxy) is 1. The van der Waals surface area contributed by atoms with Crippen molar-refractivity contribution < 1.29 is 39.5 Å². The molecule has 0 fully saturated rings. The van der Waals surface area contributed by atoms with E-state index in [4.69, 9.17) is 26.2 Å². The van der Waals surface area contributed by atoms with Crippen molar-refractivity contribution in [3.05, 3.63) is 284 Å². The van der Waals surface area contributed by atoms with Crippen LogP contribution in [0.5, 0.6) is 11.5 Å². The summed E-state index contributed by atoms with van der Waals surface area (Å²) in [5.41, 5.74) is 3.32. The van der Waals surface area contributed by atoms with Gasteiger partial charge in [-0.05, 0) is 115 Å². The number of hydrogen-bond acceptors (Lipinski definition) is 2. The number of aryl methyl sites for hydroxylation is 1. The van der Waals surface area contributed by atoms with Gasteiger partial charge in [-0.3, -0.25) is 13.7 Å². The van der Waals surface area contributed by atoms with Crippen LogP contribution in [0.3, 0.4) is 0 Å². The summed E-state index contributed by atoms with van der Waals surface area (Å²) >= 11 is 0. The average molecular weight is 1030 g/mol. The van der Waals surface area contributed by atoms with E-state index in [-0.39, 0.29) is 33.4 Å². The van der Waals surface area contributed by atoms with Crippen molar-refractivity contribution in [1.82, 2.24) is 14.1 Å². The Bertz CT molecular complexity index is 5350. The van der Waals surface area contributed by atoms with Gasteiger partial charge in [0.25, 0.3) is 6.33 Å². The second kappa shape index (κ2) is 19.4. The van der Waals surface area contributed by atoms with Crippen molar-refractivity contribution in [3.63, 3.8) is 0 Å². The van der Waals surface area contributed by atoms with E-state index >= 15 is 0 Å². The number of pyridine rings is 1. The topological polar surface area (TPSA) is 35.9 Å². The first-order valence-electron chi connectivity index (χ1n) is 35.6. The predicted octanol–water partition coefficient (Wildman–Crippen LogP) is 14.3. The molecular formula is C71H56N4OSi. The standard InChI is InChI=1S/C71H56N4OSi/c1-50-23-14-15-34-60(50)64-37-22-36-61(51-24-20-33-59(45-51)77(56-27-8-5-9-28-56,57-29-10-6-11-30-57)58-31-12-7-13-32-58)70(64)74-49-73(66-39-18-19-40-67(66)74)53-25-21-26-54(47-53)76-55-41-42-63-62-35-16-17-38-65(62)75(68(63)48-55)69-46-52(43-44-72-69)71(2,3)4/h5-48H,1-4H3/i1D3,5D,6D,7D,8D,9D,10D,11D,12D,13D,20D,24D,27D,28D,29D,30D,31D,32D,33D,45D. The fourth-order valence-electron chi connectivity index (χ4n) is 10.2. The number of aromatic nitrogens is 4. The Hall–Kier alpha value is -9.36. The quantitative estimate of drug-likeness (QED) is 0.0560. The van der Waals surface area contributed by atoms with E-state index in [1.54, 1.807) is 82.1 Å². The summed E-state index contributed by atoms with van der Waals surface area (Å²) in [6, 6.07) is 22.0. The lowest BCUT2D eigenvalue weighted by Crippen LogP contribution is -2.74. The van der Waals surface area contributed by atoms with Crippen LogP contribution in [0.15, 0.2) is 267 Å². The molecule has 13 rings (SSSR count). The number of fused-ring (bicyclic) bond motifs is 4. The van der Waals surface area contributed by atoms with Crippen molar-refractivity contribution in [2.24, 2.45) is 0 Å². The molecule has 5 nitrogen and oxygen atoms in total. The minimum atomic E-state index is -6.29. The molecule has 0 radical (unpaired) electrons. The molecule has 0 spiro atoms. The van der Waals surface area contributed by atoms with Crippen LogP contribution < -0.4 is 30.1 Å². The zero-order valence-electron chi connectivity index (χ0n) is 63.6. The first kappa shape index (κ1) is 29.1. The van der Waals surface area contributed by atoms with E-state index in [1.165, 1.54) is 24.3 Å². The van der Waals surface area contributed by atoms with E-state index in [2.05, 4.69) is 43.8 Å². The number of imidazole rings is 1. The minimum Gasteiger partial charge on any atom is -0.458 e. The summed E-state index contributed by atoms with van der Waals surface area (Å²) in [7, 11) is -6.29. The minimum absolute atomic E-state index is 0.0199. The Morgan fingerprint density at radius 2 is 1.17 bits per heavy atom. The van der Waals surface area contributed by atoms with Crippen molar-refractivity contribution in [3.8, 4) is 50.9 Å². The normalized spacial score (nSPS) is 16.1. The molecule has 0 aliphatic carbocycles. The summed E-state index contributed by atoms with van der Waals surface area (Å²) < 4.78 is 219. The van der Waals surface area contributed by atoms with Crippen LogP contribution >= 0.6 is 0 Å². The lowest BCUT2D eigenvalue weighted by Gasteiger charge is -2.34. The lowest BCUT2D eigenvalue weighted by molar-refractivity contribution is -0.571. The van der Waals surface area contributed by atoms with Gasteiger partial charge < -0.3 is 4.74 Å². The molecule has 0 atom stereocenters. The van der Waals surface area contributed by atoms with Crippen LogP contribution in [0.4, 0.5) is 0 Å². The smallest absolute Gasteiger partial charge is 0.269 e. The van der Waals surface area contributed by atoms with E-state index in [1.807, 2.05) is 42.5 Å². The number of rotatable bonds is 11. The second-order valence-corrected chi connectivity index (χ2v) is 22.8. The van der Waals surface area contributed by atoms with E-state index in [0.717, 1.165) is 33.2 Å². The average Bonchev–Trinajstić information content (AvgIpc) is 1.40. The van der Waals surface area contributed by atoms with Gasteiger partial charge in [-0.15, -0.1) is 0 Å². The molecule has 0 N–H and O–H groups in total. The molecule has 0 aliphatic heterocycles. The third kappa shape index (κ3) is 8.35. The molecule has 3 aromatic heterocycles. The Kier molecular flexibility index (Phi) is 7.33. The molecule has 0 aliphatic rings. The highest BCUT2D eigenvalue weighted by atomic mass is 28.3. The second-order valence-electron chi connectivity index (χ2n) is 19.3. The number of para-hydroxylation sites is 4. The molecule has 0 saturated carbocycles. The zero-order chi connectivity index (χ0) is 71.1. The Morgan fingerprint density at radius 3 is 1.91 bits per heavy atom. The van der Waals surface area contributed by atoms with E-state index in [0.29, 0.717) is 28.2 Å². The van der Waals surface area contributed by atoms with Crippen molar-refractivity contribution in [2.45, 2.75) is 33.0 Å². The van der Waals surface area contributed by atoms with Gasteiger partial charge in [-0.1, -0.05) is 227 Å². The molecule has 6 heteroatoms. The van der Waals surface area contributed by atoms with Crippen LogP contribution in [0.25, 0.3) is 72.3 Å². The van der Waals surface area contributed by atoms with Gasteiger partial charge in [0, 0.05) is 27.1 Å². The largest absolute Gasteiger partial charge is 0.458 e. The third-order valence-electron chi connectivity index (χ3n) is 13.7. The maximum Gasteiger partial charge on any atom is 0.269 e. The Morgan fingerprint density at radius 1 is 0.545 bits per heavy atom. The fourth-order valence-corrected chi connectivity index (χ4v) is 13.7. The molecule has 0 unspecified atom stereocenters. The predicted molar refractivity (Wildman–Crippen MR) is 320 cm³/mol. The van der Waals surface area contributed by atoms with Crippen LogP contribution in [0.1, 0.15) is 62.1 Å². The molecule has 77 heavy (non-hydrogen) atoms. The van der Waals surface area contributed by atoms with Crippen LogP contribution in [0, 0.1) is 13.2 Å². The van der Waals surface area contributed by atoms with Gasteiger partial charge >= 0.3 is 0 Å². The van der Waals surface area contributed by atoms with Crippen molar-refractivity contribution in [2.75, 3.05) is 0 Å². The van der Waals surface area contributed by atoms with Gasteiger partial charge in [-0.2, -0.15) is 0 Å². The molecule has 0 bridgehead atoms. The lowest BCUT2D eigenvalue weighted by atomic mass is 9.88. The summed E-state index contributed by atoms with van der Waals surface area (Å²) in [4.78, 5) is 4.84. The Balaban J connectivity index is 1.11. The van der Waals surface area contributed by atoms with Gasteiger partial charge in [0.2, 0.25) is 0 Å². The number of benzene rings is 10.